The van der Waals surface area contributed by atoms with Crippen molar-refractivity contribution in [1.29, 1.82) is 0 Å². The van der Waals surface area contributed by atoms with Crippen molar-refractivity contribution in [1.82, 2.24) is 9.99 Å². The zero-order chi connectivity index (χ0) is 22.8. The van der Waals surface area contributed by atoms with E-state index in [2.05, 4.69) is 10.1 Å². The van der Waals surface area contributed by atoms with Gasteiger partial charge in [-0.2, -0.15) is 5.10 Å². The molecule has 0 aliphatic carbocycles. The van der Waals surface area contributed by atoms with Gasteiger partial charge in [-0.05, 0) is 35.7 Å². The lowest BCUT2D eigenvalue weighted by Gasteiger charge is -2.25. The minimum absolute atomic E-state index is 0.0870. The number of anilines is 1. The fourth-order valence-corrected chi connectivity index (χ4v) is 6.62. The number of aromatic nitrogens is 1. The molecule has 3 aromatic heterocycles. The minimum atomic E-state index is -4.01. The molecule has 1 atom stereocenters. The standard InChI is InChI=1S/C22H18N4O4S3/c27-21(15-25(22-23-10-13-32-22)33(28,29)16-6-2-1-3-7-16)26-18(20-9-5-12-31-20)14-17(24-26)19-8-4-11-30-19/h1-13,18H,14-15H2. The molecule has 1 aliphatic rings. The van der Waals surface area contributed by atoms with Crippen LogP contribution in [0.3, 0.4) is 0 Å². The van der Waals surface area contributed by atoms with Crippen LogP contribution in [0.15, 0.2) is 92.2 Å². The first kappa shape index (κ1) is 21.6. The van der Waals surface area contributed by atoms with Gasteiger partial charge in [-0.25, -0.2) is 22.7 Å². The molecule has 1 amide bonds. The Morgan fingerprint density at radius 2 is 1.94 bits per heavy atom. The average molecular weight is 499 g/mol. The number of rotatable bonds is 7. The molecule has 8 nitrogen and oxygen atoms in total. The highest BCUT2D eigenvalue weighted by Gasteiger charge is 2.37. The van der Waals surface area contributed by atoms with E-state index in [1.165, 1.54) is 34.7 Å². The number of hydrogen-bond acceptors (Lipinski definition) is 8. The Kier molecular flexibility index (Phi) is 5.83. The van der Waals surface area contributed by atoms with Gasteiger partial charge in [-0.1, -0.05) is 24.3 Å². The zero-order valence-electron chi connectivity index (χ0n) is 17.1. The van der Waals surface area contributed by atoms with Gasteiger partial charge in [0.1, 0.15) is 18.0 Å². The first-order valence-corrected chi connectivity index (χ1v) is 13.2. The van der Waals surface area contributed by atoms with Crippen LogP contribution in [0, 0.1) is 0 Å². The predicted molar refractivity (Wildman–Crippen MR) is 127 cm³/mol. The highest BCUT2D eigenvalue weighted by molar-refractivity contribution is 7.93. The topological polar surface area (TPSA) is 96.1 Å². The third-order valence-electron chi connectivity index (χ3n) is 5.09. The van der Waals surface area contributed by atoms with Gasteiger partial charge in [-0.15, -0.1) is 22.7 Å². The second kappa shape index (κ2) is 8.93. The molecule has 0 radical (unpaired) electrons. The van der Waals surface area contributed by atoms with Crippen molar-refractivity contribution in [2.24, 2.45) is 5.10 Å². The van der Waals surface area contributed by atoms with E-state index in [1.54, 1.807) is 42.0 Å². The molecule has 0 fully saturated rings. The molecule has 1 unspecified atom stereocenters. The number of carbonyl (C=O) groups is 1. The maximum atomic E-state index is 13.5. The lowest BCUT2D eigenvalue weighted by Crippen LogP contribution is -2.41. The Bertz CT molecular complexity index is 1350. The summed E-state index contributed by atoms with van der Waals surface area (Å²) in [6.07, 6.45) is 3.54. The molecule has 168 valence electrons. The number of benzene rings is 1. The van der Waals surface area contributed by atoms with E-state index in [4.69, 9.17) is 4.42 Å². The summed E-state index contributed by atoms with van der Waals surface area (Å²) in [6.45, 7) is -0.429. The van der Waals surface area contributed by atoms with Crippen LogP contribution in [0.25, 0.3) is 0 Å². The lowest BCUT2D eigenvalue weighted by molar-refractivity contribution is -0.131. The molecule has 0 spiro atoms. The van der Waals surface area contributed by atoms with Gasteiger partial charge in [-0.3, -0.25) is 4.79 Å². The quantitative estimate of drug-likeness (QED) is 0.377. The van der Waals surface area contributed by atoms with Gasteiger partial charge in [0.2, 0.25) is 0 Å². The fourth-order valence-electron chi connectivity index (χ4n) is 3.54. The van der Waals surface area contributed by atoms with Gasteiger partial charge in [0, 0.05) is 22.9 Å². The molecular weight excluding hydrogens is 480 g/mol. The van der Waals surface area contributed by atoms with Crippen molar-refractivity contribution >= 4 is 49.4 Å². The fraction of sp³-hybridized carbons (Fsp3) is 0.136. The van der Waals surface area contributed by atoms with Crippen LogP contribution < -0.4 is 4.31 Å². The predicted octanol–water partition coefficient (Wildman–Crippen LogP) is 4.37. The number of thiazole rings is 1. The Labute approximate surface area is 198 Å². The SMILES string of the molecule is O=C(CN(c1nccs1)S(=O)(=O)c1ccccc1)N1N=C(c2ccco2)CC1c1cccs1. The van der Waals surface area contributed by atoms with Crippen molar-refractivity contribution in [3.8, 4) is 0 Å². The molecule has 1 aromatic carbocycles. The summed E-state index contributed by atoms with van der Waals surface area (Å²) in [6, 6.07) is 15.1. The van der Waals surface area contributed by atoms with E-state index in [0.717, 1.165) is 20.5 Å². The second-order valence-electron chi connectivity index (χ2n) is 7.14. The van der Waals surface area contributed by atoms with Gasteiger partial charge in [0.25, 0.3) is 15.9 Å². The van der Waals surface area contributed by atoms with E-state index < -0.39 is 22.5 Å². The summed E-state index contributed by atoms with van der Waals surface area (Å²) in [7, 11) is -4.01. The number of hydrogen-bond donors (Lipinski definition) is 0. The summed E-state index contributed by atoms with van der Waals surface area (Å²) >= 11 is 2.67. The Balaban J connectivity index is 1.49. The molecule has 11 heteroatoms. The van der Waals surface area contributed by atoms with Crippen LogP contribution in [-0.4, -0.2) is 36.6 Å². The van der Waals surface area contributed by atoms with Crippen molar-refractivity contribution in [3.63, 3.8) is 0 Å². The van der Waals surface area contributed by atoms with Crippen LogP contribution in [0.5, 0.6) is 0 Å². The molecule has 5 rings (SSSR count). The zero-order valence-corrected chi connectivity index (χ0v) is 19.6. The molecule has 1 aliphatic heterocycles. The molecular formula is C22H18N4O4S3. The van der Waals surface area contributed by atoms with Crippen molar-refractivity contribution in [3.05, 3.63) is 88.5 Å². The molecule has 0 N–H and O–H groups in total. The molecule has 0 saturated carbocycles. The summed E-state index contributed by atoms with van der Waals surface area (Å²) in [5.74, 6) is 0.130. The smallest absolute Gasteiger partial charge is 0.266 e. The van der Waals surface area contributed by atoms with Crippen LogP contribution in [-0.2, 0) is 14.8 Å². The number of hydrazone groups is 1. The van der Waals surface area contributed by atoms with Gasteiger partial charge in [0.15, 0.2) is 5.13 Å². The van der Waals surface area contributed by atoms with E-state index in [9.17, 15) is 13.2 Å². The Morgan fingerprint density at radius 1 is 1.09 bits per heavy atom. The average Bonchev–Trinajstić information content (AvgIpc) is 3.64. The van der Waals surface area contributed by atoms with Crippen LogP contribution in [0.4, 0.5) is 5.13 Å². The molecule has 0 bridgehead atoms. The molecule has 4 heterocycles. The van der Waals surface area contributed by atoms with Crippen molar-refractivity contribution < 1.29 is 17.6 Å². The maximum absolute atomic E-state index is 13.5. The largest absolute Gasteiger partial charge is 0.463 e. The summed E-state index contributed by atoms with van der Waals surface area (Å²) in [4.78, 5) is 18.7. The van der Waals surface area contributed by atoms with E-state index in [1.807, 2.05) is 17.5 Å². The van der Waals surface area contributed by atoms with Gasteiger partial charge >= 0.3 is 0 Å². The molecule has 4 aromatic rings. The van der Waals surface area contributed by atoms with Crippen LogP contribution in [0.2, 0.25) is 0 Å². The van der Waals surface area contributed by atoms with Crippen LogP contribution >= 0.6 is 22.7 Å². The maximum Gasteiger partial charge on any atom is 0.266 e. The number of thiophene rings is 1. The number of nitrogens with zero attached hydrogens (tertiary/aromatic N) is 4. The van der Waals surface area contributed by atoms with E-state index in [-0.39, 0.29) is 16.1 Å². The van der Waals surface area contributed by atoms with Gasteiger partial charge in [0.05, 0.1) is 17.2 Å². The third kappa shape index (κ3) is 4.22. The number of amides is 1. The lowest BCUT2D eigenvalue weighted by atomic mass is 10.1. The highest BCUT2D eigenvalue weighted by atomic mass is 32.2. The summed E-state index contributed by atoms with van der Waals surface area (Å²) in [5, 5.41) is 9.72. The highest BCUT2D eigenvalue weighted by Crippen LogP contribution is 2.36. The first-order valence-electron chi connectivity index (χ1n) is 9.98. The molecule has 0 saturated heterocycles. The summed E-state index contributed by atoms with van der Waals surface area (Å²) in [5.41, 5.74) is 0.637. The molecule has 33 heavy (non-hydrogen) atoms. The number of furan rings is 1. The second-order valence-corrected chi connectivity index (χ2v) is 10.9. The Morgan fingerprint density at radius 3 is 2.61 bits per heavy atom. The Hall–Kier alpha value is -3.28. The minimum Gasteiger partial charge on any atom is -0.463 e. The van der Waals surface area contributed by atoms with E-state index >= 15 is 0 Å². The first-order chi connectivity index (χ1) is 16.0. The summed E-state index contributed by atoms with van der Waals surface area (Å²) < 4.78 is 33.4. The third-order valence-corrected chi connectivity index (χ3v) is 8.72. The number of sulfonamides is 1. The van der Waals surface area contributed by atoms with Crippen molar-refractivity contribution in [2.45, 2.75) is 17.4 Å². The van der Waals surface area contributed by atoms with Crippen molar-refractivity contribution in [2.75, 3.05) is 10.8 Å². The normalized spacial score (nSPS) is 16.1. The monoisotopic (exact) mass is 498 g/mol. The van der Waals surface area contributed by atoms with Gasteiger partial charge < -0.3 is 4.42 Å². The van der Waals surface area contributed by atoms with Crippen LogP contribution in [0.1, 0.15) is 23.1 Å². The van der Waals surface area contributed by atoms with E-state index in [0.29, 0.717) is 17.9 Å². The number of carbonyl (C=O) groups excluding carboxylic acids is 1.